The van der Waals surface area contributed by atoms with Crippen LogP contribution < -0.4 is 9.62 Å². The number of hydrogen-bond donors (Lipinski definition) is 1. The van der Waals surface area contributed by atoms with Gasteiger partial charge in [0.2, 0.25) is 11.8 Å². The Morgan fingerprint density at radius 1 is 0.944 bits per heavy atom. The van der Waals surface area contributed by atoms with Crippen LogP contribution in [-0.4, -0.2) is 44.3 Å². The van der Waals surface area contributed by atoms with Crippen molar-refractivity contribution in [1.29, 1.82) is 0 Å². The summed E-state index contributed by atoms with van der Waals surface area (Å²) >= 11 is 2.14. The predicted octanol–water partition coefficient (Wildman–Crippen LogP) is 4.35. The van der Waals surface area contributed by atoms with Gasteiger partial charge in [-0.15, -0.1) is 0 Å². The molecule has 0 unspecified atom stereocenters. The van der Waals surface area contributed by atoms with E-state index in [0.29, 0.717) is 12.2 Å². The second-order valence-electron chi connectivity index (χ2n) is 8.32. The van der Waals surface area contributed by atoms with E-state index in [0.717, 1.165) is 19.0 Å². The van der Waals surface area contributed by atoms with Gasteiger partial charge in [-0.05, 0) is 90.9 Å². The predicted molar refractivity (Wildman–Crippen MR) is 150 cm³/mol. The van der Waals surface area contributed by atoms with Gasteiger partial charge >= 0.3 is 0 Å². The van der Waals surface area contributed by atoms with Gasteiger partial charge in [0.05, 0.1) is 10.6 Å². The van der Waals surface area contributed by atoms with Gasteiger partial charge in [-0.2, -0.15) is 0 Å². The molecule has 0 bridgehead atoms. The van der Waals surface area contributed by atoms with E-state index in [1.807, 2.05) is 38.1 Å². The molecule has 1 atom stereocenters. The highest BCUT2D eigenvalue weighted by atomic mass is 127. The molecule has 0 radical (unpaired) electrons. The monoisotopic (exact) mass is 619 g/mol. The fourth-order valence-electron chi connectivity index (χ4n) is 3.73. The van der Waals surface area contributed by atoms with E-state index in [9.17, 15) is 18.0 Å². The van der Waals surface area contributed by atoms with Crippen LogP contribution in [0.2, 0.25) is 0 Å². The molecule has 0 aliphatic rings. The molecule has 0 spiro atoms. The lowest BCUT2D eigenvalue weighted by atomic mass is 10.1. The average Bonchev–Trinajstić information content (AvgIpc) is 2.87. The molecular weight excluding hydrogens is 589 g/mol. The van der Waals surface area contributed by atoms with E-state index in [1.54, 1.807) is 49.4 Å². The number of nitrogens with one attached hydrogen (secondary N) is 1. The van der Waals surface area contributed by atoms with Crippen LogP contribution >= 0.6 is 22.6 Å². The maximum atomic E-state index is 13.8. The van der Waals surface area contributed by atoms with Gasteiger partial charge in [0.15, 0.2) is 0 Å². The Morgan fingerprint density at radius 2 is 1.56 bits per heavy atom. The summed E-state index contributed by atoms with van der Waals surface area (Å²) in [6.07, 6.45) is 0. The molecule has 0 saturated heterocycles. The molecule has 0 heterocycles. The number of nitrogens with zero attached hydrogens (tertiary/aromatic N) is 2. The third kappa shape index (κ3) is 6.64. The number of carbonyl (C=O) groups excluding carboxylic acids is 2. The van der Waals surface area contributed by atoms with Crippen LogP contribution in [0.25, 0.3) is 0 Å². The van der Waals surface area contributed by atoms with E-state index in [-0.39, 0.29) is 17.3 Å². The summed E-state index contributed by atoms with van der Waals surface area (Å²) in [7, 11) is -4.05. The van der Waals surface area contributed by atoms with Crippen LogP contribution in [0, 0.1) is 10.5 Å². The van der Waals surface area contributed by atoms with Gasteiger partial charge in [0, 0.05) is 16.7 Å². The van der Waals surface area contributed by atoms with Crippen molar-refractivity contribution >= 4 is 50.1 Å². The maximum absolute atomic E-state index is 13.8. The first-order valence-corrected chi connectivity index (χ1v) is 14.1. The zero-order valence-corrected chi connectivity index (χ0v) is 23.5. The molecule has 0 fully saturated rings. The zero-order valence-electron chi connectivity index (χ0n) is 20.5. The summed E-state index contributed by atoms with van der Waals surface area (Å²) in [4.78, 5) is 28.0. The summed E-state index contributed by atoms with van der Waals surface area (Å²) in [5.41, 5.74) is 2.23. The topological polar surface area (TPSA) is 86.8 Å². The summed E-state index contributed by atoms with van der Waals surface area (Å²) in [6.45, 7) is 5.55. The van der Waals surface area contributed by atoms with E-state index in [4.69, 9.17) is 0 Å². The Hall–Kier alpha value is -2.92. The Bertz CT molecular complexity index is 1300. The number of aryl methyl sites for hydroxylation is 1. The second-order valence-corrected chi connectivity index (χ2v) is 11.4. The number of anilines is 1. The molecule has 190 valence electrons. The van der Waals surface area contributed by atoms with Crippen molar-refractivity contribution in [2.75, 3.05) is 17.4 Å². The van der Waals surface area contributed by atoms with Crippen LogP contribution in [0.4, 0.5) is 5.69 Å². The van der Waals surface area contributed by atoms with Crippen molar-refractivity contribution in [3.63, 3.8) is 0 Å². The normalized spacial score (nSPS) is 12.0. The minimum absolute atomic E-state index is 0.0820. The highest BCUT2D eigenvalue weighted by Crippen LogP contribution is 2.25. The number of likely N-dealkylation sites (N-methyl/N-ethyl adjacent to an activating group) is 1. The Balaban J connectivity index is 2.02. The summed E-state index contributed by atoms with van der Waals surface area (Å²) in [5, 5.41) is 2.76. The molecule has 0 aliphatic carbocycles. The lowest BCUT2D eigenvalue weighted by molar-refractivity contribution is -0.139. The van der Waals surface area contributed by atoms with Gasteiger partial charge in [-0.1, -0.05) is 42.5 Å². The van der Waals surface area contributed by atoms with Crippen molar-refractivity contribution in [2.45, 2.75) is 38.3 Å². The van der Waals surface area contributed by atoms with Crippen LogP contribution in [-0.2, 0) is 26.2 Å². The average molecular weight is 620 g/mol. The number of amides is 2. The number of hydrogen-bond acceptors (Lipinski definition) is 4. The van der Waals surface area contributed by atoms with Crippen molar-refractivity contribution in [3.8, 4) is 0 Å². The molecule has 2 amide bonds. The van der Waals surface area contributed by atoms with Crippen molar-refractivity contribution < 1.29 is 18.0 Å². The molecule has 1 N–H and O–H groups in total. The first kappa shape index (κ1) is 27.7. The SMILES string of the molecule is CCNC(=O)[C@H](C)N(Cc1ccccc1C)C(=O)CN(c1ccc(I)cc1)S(=O)(=O)c1ccccc1. The molecule has 7 nitrogen and oxygen atoms in total. The molecule has 0 aliphatic heterocycles. The quantitative estimate of drug-likeness (QED) is 0.342. The fourth-order valence-corrected chi connectivity index (χ4v) is 5.53. The third-order valence-corrected chi connectivity index (χ3v) is 8.35. The molecular formula is C27H30IN3O4S. The molecule has 3 rings (SSSR count). The van der Waals surface area contributed by atoms with Crippen LogP contribution in [0.15, 0.2) is 83.8 Å². The molecule has 0 saturated carbocycles. The summed E-state index contributed by atoms with van der Waals surface area (Å²) in [6, 6.07) is 21.8. The summed E-state index contributed by atoms with van der Waals surface area (Å²) < 4.78 is 29.4. The van der Waals surface area contributed by atoms with Crippen molar-refractivity contribution in [3.05, 3.63) is 93.6 Å². The van der Waals surface area contributed by atoms with E-state index >= 15 is 0 Å². The molecule has 3 aromatic carbocycles. The van der Waals surface area contributed by atoms with E-state index < -0.39 is 28.5 Å². The second kappa shape index (κ2) is 12.4. The molecule has 0 aromatic heterocycles. The van der Waals surface area contributed by atoms with Gasteiger partial charge in [-0.3, -0.25) is 13.9 Å². The highest BCUT2D eigenvalue weighted by Gasteiger charge is 2.32. The van der Waals surface area contributed by atoms with Crippen molar-refractivity contribution in [1.82, 2.24) is 10.2 Å². The minimum atomic E-state index is -4.05. The van der Waals surface area contributed by atoms with Gasteiger partial charge in [0.25, 0.3) is 10.0 Å². The van der Waals surface area contributed by atoms with E-state index in [1.165, 1.54) is 17.0 Å². The minimum Gasteiger partial charge on any atom is -0.355 e. The first-order chi connectivity index (χ1) is 17.1. The van der Waals surface area contributed by atoms with Gasteiger partial charge in [0.1, 0.15) is 12.6 Å². The third-order valence-electron chi connectivity index (χ3n) is 5.84. The van der Waals surface area contributed by atoms with Crippen LogP contribution in [0.3, 0.4) is 0 Å². The number of rotatable bonds is 10. The lowest BCUT2D eigenvalue weighted by Gasteiger charge is -2.32. The smallest absolute Gasteiger partial charge is 0.264 e. The first-order valence-electron chi connectivity index (χ1n) is 11.6. The van der Waals surface area contributed by atoms with Crippen molar-refractivity contribution in [2.24, 2.45) is 0 Å². The maximum Gasteiger partial charge on any atom is 0.264 e. The van der Waals surface area contributed by atoms with E-state index in [2.05, 4.69) is 27.9 Å². The Kier molecular flexibility index (Phi) is 9.49. The number of carbonyl (C=O) groups is 2. The number of benzene rings is 3. The van der Waals surface area contributed by atoms with Gasteiger partial charge < -0.3 is 10.2 Å². The lowest BCUT2D eigenvalue weighted by Crippen LogP contribution is -2.51. The molecule has 9 heteroatoms. The highest BCUT2D eigenvalue weighted by molar-refractivity contribution is 14.1. The zero-order chi connectivity index (χ0) is 26.3. The van der Waals surface area contributed by atoms with Crippen LogP contribution in [0.5, 0.6) is 0 Å². The Morgan fingerprint density at radius 3 is 2.17 bits per heavy atom. The fraction of sp³-hybridized carbons (Fsp3) is 0.259. The summed E-state index contributed by atoms with van der Waals surface area (Å²) in [5.74, 6) is -0.777. The van der Waals surface area contributed by atoms with Gasteiger partial charge in [-0.25, -0.2) is 8.42 Å². The van der Waals surface area contributed by atoms with Crippen LogP contribution in [0.1, 0.15) is 25.0 Å². The number of halogens is 1. The standard InChI is InChI=1S/C27H30IN3O4S/c1-4-29-27(33)21(3)30(18-22-11-9-8-10-20(22)2)26(32)19-31(24-16-14-23(28)15-17-24)36(34,35)25-12-6-5-7-13-25/h5-17,21H,4,18-19H2,1-3H3,(H,29,33)/t21-/m0/s1. The Labute approximate surface area is 226 Å². The molecule has 36 heavy (non-hydrogen) atoms. The number of sulfonamides is 1. The largest absolute Gasteiger partial charge is 0.355 e. The molecule has 3 aromatic rings.